The molecule has 1 atom stereocenters. The number of carbonyl (C=O) groups is 1. The highest BCUT2D eigenvalue weighted by Crippen LogP contribution is 2.20. The van der Waals surface area contributed by atoms with E-state index >= 15 is 0 Å². The third kappa shape index (κ3) is 4.34. The number of amides is 1. The molecule has 1 aromatic heterocycles. The number of anilines is 1. The molecule has 0 spiro atoms. The van der Waals surface area contributed by atoms with Crippen LogP contribution in [0.15, 0.2) is 34.9 Å². The van der Waals surface area contributed by atoms with E-state index in [2.05, 4.69) is 10.3 Å². The molecule has 6 heteroatoms. The molecule has 1 heterocycles. The lowest BCUT2D eigenvalue weighted by molar-refractivity contribution is -0.117. The van der Waals surface area contributed by atoms with Crippen LogP contribution in [0.25, 0.3) is 11.3 Å². The van der Waals surface area contributed by atoms with Gasteiger partial charge in [-0.05, 0) is 30.6 Å². The lowest BCUT2D eigenvalue weighted by Crippen LogP contribution is -2.36. The summed E-state index contributed by atoms with van der Waals surface area (Å²) in [5.74, 6) is 1.34. The van der Waals surface area contributed by atoms with Crippen LogP contribution in [-0.2, 0) is 4.79 Å². The molecule has 0 radical (unpaired) electrons. The van der Waals surface area contributed by atoms with E-state index in [1.807, 2.05) is 30.5 Å². The van der Waals surface area contributed by atoms with Crippen LogP contribution < -0.4 is 11.1 Å². The minimum absolute atomic E-state index is 0.158. The van der Waals surface area contributed by atoms with Gasteiger partial charge in [-0.25, -0.2) is 4.98 Å². The summed E-state index contributed by atoms with van der Waals surface area (Å²) in [4.78, 5) is 16.2. The summed E-state index contributed by atoms with van der Waals surface area (Å²) in [7, 11) is 0. The lowest BCUT2D eigenvalue weighted by Gasteiger charge is -2.11. The Labute approximate surface area is 128 Å². The predicted molar refractivity (Wildman–Crippen MR) is 86.3 cm³/mol. The van der Waals surface area contributed by atoms with E-state index in [0.717, 1.165) is 22.7 Å². The summed E-state index contributed by atoms with van der Waals surface area (Å²) in [5, 5.41) is 2.82. The maximum atomic E-state index is 11.9. The number of aromatic nitrogens is 1. The van der Waals surface area contributed by atoms with Crippen LogP contribution in [0.4, 0.5) is 5.69 Å². The molecule has 0 saturated carbocycles. The van der Waals surface area contributed by atoms with E-state index in [9.17, 15) is 4.79 Å². The zero-order valence-corrected chi connectivity index (χ0v) is 12.9. The quantitative estimate of drug-likeness (QED) is 0.857. The number of nitrogens with two attached hydrogens (primary N) is 1. The summed E-state index contributed by atoms with van der Waals surface area (Å²) in [6.07, 6.45) is 4.28. The summed E-state index contributed by atoms with van der Waals surface area (Å²) >= 11 is 1.68. The molecule has 1 aromatic carbocycles. The van der Waals surface area contributed by atoms with Crippen molar-refractivity contribution in [2.45, 2.75) is 19.4 Å². The molecule has 3 N–H and O–H groups in total. The molecule has 112 valence electrons. The molecule has 0 saturated heterocycles. The van der Waals surface area contributed by atoms with Crippen LogP contribution in [0, 0.1) is 6.92 Å². The van der Waals surface area contributed by atoms with E-state index in [1.165, 1.54) is 0 Å². The molecular weight excluding hydrogens is 286 g/mol. The highest BCUT2D eigenvalue weighted by Gasteiger charge is 2.13. The summed E-state index contributed by atoms with van der Waals surface area (Å²) in [5.41, 5.74) is 8.27. The first-order valence-electron chi connectivity index (χ1n) is 6.68. The Hall–Kier alpha value is -1.79. The Bertz CT molecular complexity index is 595. The average Bonchev–Trinajstić information content (AvgIpc) is 2.92. The molecule has 5 nitrogen and oxygen atoms in total. The first kappa shape index (κ1) is 15.6. The van der Waals surface area contributed by atoms with Crippen molar-refractivity contribution in [3.05, 3.63) is 36.4 Å². The highest BCUT2D eigenvalue weighted by atomic mass is 32.2. The summed E-state index contributed by atoms with van der Waals surface area (Å²) in [6, 6.07) is 6.97. The first-order chi connectivity index (χ1) is 10.1. The van der Waals surface area contributed by atoms with Gasteiger partial charge < -0.3 is 15.5 Å². The fourth-order valence-electron chi connectivity index (χ4n) is 1.83. The molecule has 0 aliphatic heterocycles. The van der Waals surface area contributed by atoms with Gasteiger partial charge in [0.2, 0.25) is 5.91 Å². The maximum absolute atomic E-state index is 11.9. The van der Waals surface area contributed by atoms with Crippen LogP contribution in [0.2, 0.25) is 0 Å². The van der Waals surface area contributed by atoms with Crippen LogP contribution in [0.3, 0.4) is 0 Å². The number of carbonyl (C=O) groups excluding carboxylic acids is 1. The smallest absolute Gasteiger partial charge is 0.241 e. The van der Waals surface area contributed by atoms with E-state index in [1.54, 1.807) is 24.9 Å². The van der Waals surface area contributed by atoms with Crippen molar-refractivity contribution in [3.8, 4) is 11.3 Å². The SMILES string of the molecule is CSCC[C@@H](N)C(=O)Nc1ccc(-c2coc(C)n2)cc1. The third-order valence-electron chi connectivity index (χ3n) is 3.04. The predicted octanol–water partition coefficient (Wildman–Crippen LogP) is 2.67. The maximum Gasteiger partial charge on any atom is 0.241 e. The number of aryl methyl sites for hydroxylation is 1. The number of hydrogen-bond donors (Lipinski definition) is 2. The lowest BCUT2D eigenvalue weighted by atomic mass is 10.1. The number of nitrogens with zero attached hydrogens (tertiary/aromatic N) is 1. The van der Waals surface area contributed by atoms with Crippen LogP contribution in [0.5, 0.6) is 0 Å². The Morgan fingerprint density at radius 3 is 2.71 bits per heavy atom. The molecular formula is C15H19N3O2S. The molecule has 2 rings (SSSR count). The molecule has 0 bridgehead atoms. The Morgan fingerprint density at radius 1 is 1.43 bits per heavy atom. The van der Waals surface area contributed by atoms with Gasteiger partial charge in [0.05, 0.1) is 6.04 Å². The Morgan fingerprint density at radius 2 is 2.14 bits per heavy atom. The summed E-state index contributed by atoms with van der Waals surface area (Å²) in [6.45, 7) is 1.80. The van der Waals surface area contributed by atoms with Gasteiger partial charge in [0.1, 0.15) is 12.0 Å². The minimum atomic E-state index is -0.477. The van der Waals surface area contributed by atoms with Crippen LogP contribution >= 0.6 is 11.8 Å². The highest BCUT2D eigenvalue weighted by molar-refractivity contribution is 7.98. The van der Waals surface area contributed by atoms with E-state index in [4.69, 9.17) is 10.2 Å². The van der Waals surface area contributed by atoms with Crippen molar-refractivity contribution >= 4 is 23.4 Å². The van der Waals surface area contributed by atoms with Gasteiger partial charge in [-0.15, -0.1) is 0 Å². The van der Waals surface area contributed by atoms with E-state index in [-0.39, 0.29) is 5.91 Å². The van der Waals surface area contributed by atoms with Gasteiger partial charge >= 0.3 is 0 Å². The zero-order chi connectivity index (χ0) is 15.2. The second-order valence-corrected chi connectivity index (χ2v) is 5.69. The zero-order valence-electron chi connectivity index (χ0n) is 12.1. The number of rotatable bonds is 6. The first-order valence-corrected chi connectivity index (χ1v) is 8.07. The van der Waals surface area contributed by atoms with E-state index in [0.29, 0.717) is 12.3 Å². The van der Waals surface area contributed by atoms with Crippen LogP contribution in [-0.4, -0.2) is 28.9 Å². The van der Waals surface area contributed by atoms with Gasteiger partial charge in [0.25, 0.3) is 0 Å². The van der Waals surface area contributed by atoms with Crippen molar-refractivity contribution < 1.29 is 9.21 Å². The number of thioether (sulfide) groups is 1. The molecule has 0 fully saturated rings. The second-order valence-electron chi connectivity index (χ2n) is 4.71. The number of benzene rings is 1. The fourth-order valence-corrected chi connectivity index (χ4v) is 2.32. The molecule has 0 unspecified atom stereocenters. The molecule has 2 aromatic rings. The van der Waals surface area contributed by atoms with E-state index < -0.39 is 6.04 Å². The number of oxazole rings is 1. The number of nitrogens with one attached hydrogen (secondary N) is 1. The largest absolute Gasteiger partial charge is 0.449 e. The van der Waals surface area contributed by atoms with Gasteiger partial charge in [-0.2, -0.15) is 11.8 Å². The molecule has 0 aliphatic carbocycles. The van der Waals surface area contributed by atoms with Crippen molar-refractivity contribution in [2.24, 2.45) is 5.73 Å². The van der Waals surface area contributed by atoms with Gasteiger partial charge in [-0.3, -0.25) is 4.79 Å². The third-order valence-corrected chi connectivity index (χ3v) is 3.68. The van der Waals surface area contributed by atoms with Crippen molar-refractivity contribution in [2.75, 3.05) is 17.3 Å². The van der Waals surface area contributed by atoms with Crippen molar-refractivity contribution in [1.29, 1.82) is 0 Å². The normalized spacial score (nSPS) is 12.1. The van der Waals surface area contributed by atoms with Crippen molar-refractivity contribution in [1.82, 2.24) is 4.98 Å². The average molecular weight is 305 g/mol. The number of hydrogen-bond acceptors (Lipinski definition) is 5. The minimum Gasteiger partial charge on any atom is -0.449 e. The topological polar surface area (TPSA) is 81.2 Å². The van der Waals surface area contributed by atoms with Crippen molar-refractivity contribution in [3.63, 3.8) is 0 Å². The molecule has 1 amide bonds. The van der Waals surface area contributed by atoms with Gasteiger partial charge in [0.15, 0.2) is 5.89 Å². The Kier molecular flexibility index (Phi) is 5.41. The van der Waals surface area contributed by atoms with Gasteiger partial charge in [-0.1, -0.05) is 12.1 Å². The Balaban J connectivity index is 1.97. The van der Waals surface area contributed by atoms with Crippen LogP contribution in [0.1, 0.15) is 12.3 Å². The molecule has 21 heavy (non-hydrogen) atoms. The summed E-state index contributed by atoms with van der Waals surface area (Å²) < 4.78 is 5.18. The standard InChI is InChI=1S/C15H19N3O2S/c1-10-17-14(9-20-10)11-3-5-12(6-4-11)18-15(19)13(16)7-8-21-2/h3-6,9,13H,7-8,16H2,1-2H3,(H,18,19)/t13-/m1/s1. The monoisotopic (exact) mass is 305 g/mol. The fraction of sp³-hybridized carbons (Fsp3) is 0.333. The van der Waals surface area contributed by atoms with Gasteiger partial charge in [0, 0.05) is 18.2 Å². The molecule has 0 aliphatic rings. The second kappa shape index (κ2) is 7.28.